The molecule has 0 radical (unpaired) electrons. The standard InChI is InChI=1S/C19H20F2N4O3S/c1-10(8-20)28-14-7-12(21)3-4-13(14)25-17-15-11(2)16(18(27)22-5-6-26)29-19(15)24-9-23-17/h3-4,7,9-10,26H,5-6,8H2,1-2H3,(H,22,27)(H,23,24,25). The first-order chi connectivity index (χ1) is 13.9. The molecule has 1 atom stereocenters. The Kier molecular flexibility index (Phi) is 6.55. The second-order valence-electron chi connectivity index (χ2n) is 6.29. The summed E-state index contributed by atoms with van der Waals surface area (Å²) in [6.07, 6.45) is 0.608. The number of aromatic nitrogens is 2. The molecular formula is C19H20F2N4O3S. The Morgan fingerprint density at radius 2 is 2.17 bits per heavy atom. The number of fused-ring (bicyclic) bond motifs is 1. The molecule has 1 amide bonds. The van der Waals surface area contributed by atoms with Crippen molar-refractivity contribution in [3.8, 4) is 5.75 Å². The molecular weight excluding hydrogens is 402 g/mol. The van der Waals surface area contributed by atoms with Crippen molar-refractivity contribution in [2.24, 2.45) is 0 Å². The van der Waals surface area contributed by atoms with Crippen molar-refractivity contribution in [2.75, 3.05) is 25.1 Å². The molecule has 3 aromatic rings. The number of aliphatic hydroxyl groups excluding tert-OH is 1. The van der Waals surface area contributed by atoms with Crippen LogP contribution in [0.3, 0.4) is 0 Å². The van der Waals surface area contributed by atoms with Gasteiger partial charge in [-0.1, -0.05) is 0 Å². The summed E-state index contributed by atoms with van der Waals surface area (Å²) in [6.45, 7) is 2.58. The molecule has 0 aliphatic heterocycles. The van der Waals surface area contributed by atoms with E-state index in [1.165, 1.54) is 42.8 Å². The van der Waals surface area contributed by atoms with Crippen LogP contribution in [0.4, 0.5) is 20.3 Å². The summed E-state index contributed by atoms with van der Waals surface area (Å²) in [5.74, 6) is -0.267. The number of alkyl halides is 1. The number of benzene rings is 1. The zero-order chi connectivity index (χ0) is 21.0. The molecule has 7 nitrogen and oxygen atoms in total. The maximum atomic E-state index is 13.7. The number of thiophene rings is 1. The fourth-order valence-corrected chi connectivity index (χ4v) is 3.77. The molecule has 0 aliphatic rings. The molecule has 3 N–H and O–H groups in total. The zero-order valence-electron chi connectivity index (χ0n) is 15.8. The molecule has 0 bridgehead atoms. The number of nitrogens with zero attached hydrogens (tertiary/aromatic N) is 2. The Hall–Kier alpha value is -2.85. The van der Waals surface area contributed by atoms with Crippen LogP contribution >= 0.6 is 11.3 Å². The van der Waals surface area contributed by atoms with Crippen LogP contribution < -0.4 is 15.4 Å². The maximum absolute atomic E-state index is 13.7. The fraction of sp³-hybridized carbons (Fsp3) is 0.316. The van der Waals surface area contributed by atoms with E-state index in [1.807, 2.05) is 0 Å². The number of carbonyl (C=O) groups excluding carboxylic acids is 1. The lowest BCUT2D eigenvalue weighted by molar-refractivity contribution is 0.0948. The monoisotopic (exact) mass is 422 g/mol. The van der Waals surface area contributed by atoms with E-state index in [4.69, 9.17) is 9.84 Å². The Morgan fingerprint density at radius 3 is 2.90 bits per heavy atom. The summed E-state index contributed by atoms with van der Waals surface area (Å²) in [5, 5.41) is 15.2. The molecule has 1 aromatic carbocycles. The van der Waals surface area contributed by atoms with Gasteiger partial charge in [-0.3, -0.25) is 4.79 Å². The Labute approximate surface area is 169 Å². The minimum Gasteiger partial charge on any atom is -0.486 e. The first kappa shape index (κ1) is 20.9. The summed E-state index contributed by atoms with van der Waals surface area (Å²) in [7, 11) is 0. The summed E-state index contributed by atoms with van der Waals surface area (Å²) >= 11 is 1.20. The number of aryl methyl sites for hydroxylation is 1. The molecule has 2 heterocycles. The number of rotatable bonds is 8. The number of ether oxygens (including phenoxy) is 1. The van der Waals surface area contributed by atoms with E-state index in [9.17, 15) is 13.6 Å². The van der Waals surface area contributed by atoms with E-state index in [2.05, 4.69) is 20.6 Å². The van der Waals surface area contributed by atoms with Gasteiger partial charge in [0.15, 0.2) is 0 Å². The van der Waals surface area contributed by atoms with E-state index in [0.717, 1.165) is 0 Å². The van der Waals surface area contributed by atoms with Gasteiger partial charge in [-0.05, 0) is 31.5 Å². The van der Waals surface area contributed by atoms with E-state index in [1.54, 1.807) is 6.92 Å². The Bertz CT molecular complexity index is 1030. The van der Waals surface area contributed by atoms with E-state index < -0.39 is 18.6 Å². The average Bonchev–Trinajstić information content (AvgIpc) is 3.05. The average molecular weight is 422 g/mol. The third-order valence-electron chi connectivity index (χ3n) is 4.07. The smallest absolute Gasteiger partial charge is 0.261 e. The van der Waals surface area contributed by atoms with Gasteiger partial charge >= 0.3 is 0 Å². The van der Waals surface area contributed by atoms with Crippen LogP contribution in [0.5, 0.6) is 5.75 Å². The summed E-state index contributed by atoms with van der Waals surface area (Å²) < 4.78 is 32.0. The van der Waals surface area contributed by atoms with Crippen LogP contribution in [0.2, 0.25) is 0 Å². The molecule has 0 fully saturated rings. The van der Waals surface area contributed by atoms with Gasteiger partial charge < -0.3 is 20.5 Å². The largest absolute Gasteiger partial charge is 0.486 e. The van der Waals surface area contributed by atoms with Crippen LogP contribution in [0.1, 0.15) is 22.2 Å². The third-order valence-corrected chi connectivity index (χ3v) is 5.27. The van der Waals surface area contributed by atoms with Crippen molar-refractivity contribution in [1.82, 2.24) is 15.3 Å². The van der Waals surface area contributed by atoms with Crippen molar-refractivity contribution < 1.29 is 23.4 Å². The highest BCUT2D eigenvalue weighted by molar-refractivity contribution is 7.20. The number of amides is 1. The minimum atomic E-state index is -0.743. The van der Waals surface area contributed by atoms with Gasteiger partial charge in [0.2, 0.25) is 0 Å². The number of aliphatic hydroxyl groups is 1. The number of carbonyl (C=O) groups is 1. The third kappa shape index (κ3) is 4.60. The molecule has 3 rings (SSSR count). The van der Waals surface area contributed by atoms with Gasteiger partial charge in [0, 0.05) is 12.6 Å². The zero-order valence-corrected chi connectivity index (χ0v) is 16.6. The Morgan fingerprint density at radius 1 is 1.38 bits per heavy atom. The van der Waals surface area contributed by atoms with Crippen molar-refractivity contribution >= 4 is 39.0 Å². The normalized spacial score (nSPS) is 12.0. The van der Waals surface area contributed by atoms with Crippen molar-refractivity contribution in [3.05, 3.63) is 40.8 Å². The predicted octanol–water partition coefficient (Wildman–Crippen LogP) is 3.34. The van der Waals surface area contributed by atoms with Crippen molar-refractivity contribution in [3.63, 3.8) is 0 Å². The topological polar surface area (TPSA) is 96.4 Å². The molecule has 1 unspecified atom stereocenters. The summed E-state index contributed by atoms with van der Waals surface area (Å²) in [5.41, 5.74) is 1.08. The van der Waals surface area contributed by atoms with Crippen LogP contribution in [-0.2, 0) is 0 Å². The highest BCUT2D eigenvalue weighted by atomic mass is 32.1. The van der Waals surface area contributed by atoms with Gasteiger partial charge in [0.05, 0.1) is 22.6 Å². The second-order valence-corrected chi connectivity index (χ2v) is 7.29. The van der Waals surface area contributed by atoms with E-state index in [-0.39, 0.29) is 24.8 Å². The lowest BCUT2D eigenvalue weighted by atomic mass is 10.2. The van der Waals surface area contributed by atoms with Gasteiger partial charge in [0.25, 0.3) is 5.91 Å². The molecule has 0 aliphatic carbocycles. The van der Waals surface area contributed by atoms with Crippen molar-refractivity contribution in [2.45, 2.75) is 20.0 Å². The molecule has 10 heteroatoms. The highest BCUT2D eigenvalue weighted by Crippen LogP contribution is 2.36. The predicted molar refractivity (Wildman–Crippen MR) is 107 cm³/mol. The molecule has 154 valence electrons. The summed E-state index contributed by atoms with van der Waals surface area (Å²) in [6, 6.07) is 3.89. The Balaban J connectivity index is 1.99. The first-order valence-electron chi connectivity index (χ1n) is 8.87. The number of hydrogen-bond donors (Lipinski definition) is 3. The molecule has 0 saturated heterocycles. The highest BCUT2D eigenvalue weighted by Gasteiger charge is 2.20. The van der Waals surface area contributed by atoms with Crippen LogP contribution in [0.25, 0.3) is 10.2 Å². The van der Waals surface area contributed by atoms with Crippen molar-refractivity contribution in [1.29, 1.82) is 0 Å². The SMILES string of the molecule is Cc1c(C(=O)NCCO)sc2ncnc(Nc3ccc(F)cc3OC(C)CF)c12. The van der Waals surface area contributed by atoms with E-state index in [0.29, 0.717) is 32.2 Å². The molecule has 2 aromatic heterocycles. The number of halogens is 2. The molecule has 0 spiro atoms. The quantitative estimate of drug-likeness (QED) is 0.515. The lowest BCUT2D eigenvalue weighted by Gasteiger charge is -2.16. The van der Waals surface area contributed by atoms with Crippen LogP contribution in [-0.4, -0.2) is 46.9 Å². The second kappa shape index (κ2) is 9.10. The van der Waals surface area contributed by atoms with Gasteiger partial charge in [-0.15, -0.1) is 11.3 Å². The van der Waals surface area contributed by atoms with Crippen LogP contribution in [0.15, 0.2) is 24.5 Å². The summed E-state index contributed by atoms with van der Waals surface area (Å²) in [4.78, 5) is 21.9. The minimum absolute atomic E-state index is 0.145. The molecule has 0 saturated carbocycles. The van der Waals surface area contributed by atoms with Gasteiger partial charge in [-0.25, -0.2) is 18.7 Å². The van der Waals surface area contributed by atoms with E-state index >= 15 is 0 Å². The number of nitrogens with one attached hydrogen (secondary N) is 2. The fourth-order valence-electron chi connectivity index (χ4n) is 2.71. The number of hydrogen-bond acceptors (Lipinski definition) is 7. The van der Waals surface area contributed by atoms with Gasteiger partial charge in [-0.2, -0.15) is 0 Å². The molecule has 29 heavy (non-hydrogen) atoms. The van der Waals surface area contributed by atoms with Gasteiger partial charge in [0.1, 0.15) is 41.3 Å². The lowest BCUT2D eigenvalue weighted by Crippen LogP contribution is -2.26. The van der Waals surface area contributed by atoms with Crippen LogP contribution in [0, 0.1) is 12.7 Å². The maximum Gasteiger partial charge on any atom is 0.261 e. The first-order valence-corrected chi connectivity index (χ1v) is 9.68. The number of anilines is 2.